The molecule has 2 aliphatic heterocycles. The lowest BCUT2D eigenvalue weighted by Crippen LogP contribution is -2.54. The summed E-state index contributed by atoms with van der Waals surface area (Å²) in [7, 11) is 3.07. The van der Waals surface area contributed by atoms with Crippen molar-refractivity contribution in [2.24, 2.45) is 11.8 Å². The van der Waals surface area contributed by atoms with Crippen molar-refractivity contribution >= 4 is 17.8 Å². The van der Waals surface area contributed by atoms with Gasteiger partial charge in [0.15, 0.2) is 0 Å². The Morgan fingerprint density at radius 1 is 1.18 bits per heavy atom. The van der Waals surface area contributed by atoms with Gasteiger partial charge in [-0.3, -0.25) is 24.6 Å². The van der Waals surface area contributed by atoms with Crippen LogP contribution in [-0.2, 0) is 19.1 Å². The van der Waals surface area contributed by atoms with Gasteiger partial charge in [-0.05, 0) is 26.8 Å². The van der Waals surface area contributed by atoms with Gasteiger partial charge in [0.2, 0.25) is 11.8 Å². The summed E-state index contributed by atoms with van der Waals surface area (Å²) < 4.78 is 16.0. The first-order chi connectivity index (χ1) is 13.3. The minimum Gasteiger partial charge on any atom is -0.497 e. The van der Waals surface area contributed by atoms with E-state index in [1.54, 1.807) is 46.1 Å². The smallest absolute Gasteiger partial charge is 0.326 e. The molecule has 0 radical (unpaired) electrons. The lowest BCUT2D eigenvalue weighted by Gasteiger charge is -2.29. The number of fused-ring (bicyclic) bond motifs is 1. The number of nitrogens with zero attached hydrogens (tertiary/aromatic N) is 1. The van der Waals surface area contributed by atoms with E-state index in [0.29, 0.717) is 17.1 Å². The number of ether oxygens (including phenoxy) is 3. The third kappa shape index (κ3) is 2.83. The van der Waals surface area contributed by atoms with Gasteiger partial charge >= 0.3 is 5.97 Å². The molecule has 2 aliphatic rings. The monoisotopic (exact) mass is 390 g/mol. The van der Waals surface area contributed by atoms with Gasteiger partial charge in [-0.2, -0.15) is 0 Å². The maximum atomic E-state index is 13.1. The van der Waals surface area contributed by atoms with E-state index >= 15 is 0 Å². The Hall–Kier alpha value is -2.61. The van der Waals surface area contributed by atoms with Gasteiger partial charge < -0.3 is 14.2 Å². The third-order valence-electron chi connectivity index (χ3n) is 5.67. The van der Waals surface area contributed by atoms with Crippen LogP contribution in [-0.4, -0.2) is 55.6 Å². The normalized spacial score (nSPS) is 29.0. The zero-order valence-corrected chi connectivity index (χ0v) is 16.8. The molecule has 2 amide bonds. The first-order valence-corrected chi connectivity index (χ1v) is 9.36. The van der Waals surface area contributed by atoms with Crippen molar-refractivity contribution in [3.8, 4) is 11.5 Å². The molecule has 0 aliphatic carbocycles. The van der Waals surface area contributed by atoms with Crippen LogP contribution in [0.1, 0.15) is 32.4 Å². The van der Waals surface area contributed by atoms with E-state index in [2.05, 4.69) is 5.32 Å². The number of hydrogen-bond acceptors (Lipinski definition) is 7. The summed E-state index contributed by atoms with van der Waals surface area (Å²) >= 11 is 0. The molecule has 0 aromatic heterocycles. The number of rotatable bonds is 6. The molecular weight excluding hydrogens is 364 g/mol. The number of likely N-dealkylation sites (tertiary alicyclic amines) is 1. The molecule has 0 bridgehead atoms. The minimum atomic E-state index is -1.31. The Balaban J connectivity index is 2.12. The molecule has 0 unspecified atom stereocenters. The van der Waals surface area contributed by atoms with E-state index in [9.17, 15) is 14.4 Å². The van der Waals surface area contributed by atoms with Gasteiger partial charge in [0, 0.05) is 24.2 Å². The fourth-order valence-corrected chi connectivity index (χ4v) is 4.32. The van der Waals surface area contributed by atoms with E-state index in [1.165, 1.54) is 12.0 Å². The Kier molecular flexibility index (Phi) is 5.34. The zero-order valence-electron chi connectivity index (χ0n) is 16.8. The highest BCUT2D eigenvalue weighted by molar-refractivity contribution is 6.09. The molecule has 152 valence electrons. The maximum Gasteiger partial charge on any atom is 0.326 e. The van der Waals surface area contributed by atoms with Gasteiger partial charge in [0.25, 0.3) is 0 Å². The lowest BCUT2D eigenvalue weighted by molar-refractivity contribution is -0.155. The van der Waals surface area contributed by atoms with E-state index < -0.39 is 29.4 Å². The Labute approximate surface area is 164 Å². The lowest BCUT2D eigenvalue weighted by atomic mass is 9.80. The zero-order chi connectivity index (χ0) is 20.6. The van der Waals surface area contributed by atoms with Gasteiger partial charge in [0.05, 0.1) is 32.7 Å². The van der Waals surface area contributed by atoms with E-state index in [-0.39, 0.29) is 25.0 Å². The van der Waals surface area contributed by atoms with Crippen LogP contribution in [0.5, 0.6) is 11.5 Å². The molecule has 2 saturated heterocycles. The molecule has 1 aromatic rings. The number of imide groups is 1. The minimum absolute atomic E-state index is 0.184. The van der Waals surface area contributed by atoms with Crippen LogP contribution in [0.15, 0.2) is 18.2 Å². The van der Waals surface area contributed by atoms with Gasteiger partial charge in [-0.15, -0.1) is 0 Å². The Morgan fingerprint density at radius 3 is 2.46 bits per heavy atom. The highest BCUT2D eigenvalue weighted by Gasteiger charge is 2.67. The van der Waals surface area contributed by atoms with Crippen molar-refractivity contribution in [3.05, 3.63) is 23.8 Å². The van der Waals surface area contributed by atoms with E-state index in [1.807, 2.05) is 0 Å². The number of nitrogens with one attached hydrogen (secondary N) is 1. The molecular formula is C20H26N2O6. The second kappa shape index (κ2) is 7.43. The fourth-order valence-electron chi connectivity index (χ4n) is 4.32. The van der Waals surface area contributed by atoms with Crippen molar-refractivity contribution in [1.82, 2.24) is 10.2 Å². The quantitative estimate of drug-likeness (QED) is 0.578. The first-order valence-electron chi connectivity index (χ1n) is 9.36. The van der Waals surface area contributed by atoms with Crippen molar-refractivity contribution in [2.75, 3.05) is 27.4 Å². The topological polar surface area (TPSA) is 94.2 Å². The van der Waals surface area contributed by atoms with Crippen LogP contribution in [0.3, 0.4) is 0 Å². The number of hydrogen-bond donors (Lipinski definition) is 1. The number of esters is 1. The molecule has 1 N–H and O–H groups in total. The van der Waals surface area contributed by atoms with Crippen LogP contribution in [0.4, 0.5) is 0 Å². The molecule has 8 heteroatoms. The summed E-state index contributed by atoms with van der Waals surface area (Å²) in [6, 6.07) is 4.68. The molecule has 8 nitrogen and oxygen atoms in total. The summed E-state index contributed by atoms with van der Waals surface area (Å²) in [6.07, 6.45) is 0. The fraction of sp³-hybridized carbons (Fsp3) is 0.550. The standard InChI is InChI=1S/C20H26N2O6/c1-6-22-17(23)14-15(18(22)24)20(3,19(25)28-7-2)21-16(14)12-9-8-11(26-4)10-13(12)27-5/h8-10,14-16,21H,6-7H2,1-5H3/t14-,15+,16+,20+/m0/s1. The molecule has 4 atom stereocenters. The Morgan fingerprint density at radius 2 is 1.89 bits per heavy atom. The van der Waals surface area contributed by atoms with Gasteiger partial charge in [0.1, 0.15) is 17.0 Å². The SMILES string of the molecule is CCOC(=O)[C@]1(C)N[C@H](c2ccc(OC)cc2OC)[C@H]2C(=O)N(CC)C(=O)[C@@H]21. The van der Waals surface area contributed by atoms with Crippen molar-refractivity contribution in [3.63, 3.8) is 0 Å². The average Bonchev–Trinajstić information content (AvgIpc) is 3.15. The molecule has 2 fully saturated rings. The predicted octanol–water partition coefficient (Wildman–Crippen LogP) is 1.29. The molecule has 2 heterocycles. The van der Waals surface area contributed by atoms with Gasteiger partial charge in [-0.25, -0.2) is 0 Å². The summed E-state index contributed by atoms with van der Waals surface area (Å²) in [4.78, 5) is 40.0. The average molecular weight is 390 g/mol. The number of methoxy groups -OCH3 is 2. The summed E-state index contributed by atoms with van der Waals surface area (Å²) in [5, 5.41) is 3.22. The van der Waals surface area contributed by atoms with Crippen LogP contribution >= 0.6 is 0 Å². The summed E-state index contributed by atoms with van der Waals surface area (Å²) in [5.41, 5.74) is -0.627. The van der Waals surface area contributed by atoms with Crippen LogP contribution < -0.4 is 14.8 Å². The van der Waals surface area contributed by atoms with E-state index in [4.69, 9.17) is 14.2 Å². The van der Waals surface area contributed by atoms with Crippen LogP contribution in [0.2, 0.25) is 0 Å². The highest BCUT2D eigenvalue weighted by atomic mass is 16.5. The van der Waals surface area contributed by atoms with Crippen molar-refractivity contribution in [1.29, 1.82) is 0 Å². The largest absolute Gasteiger partial charge is 0.497 e. The van der Waals surface area contributed by atoms with E-state index in [0.717, 1.165) is 0 Å². The highest BCUT2D eigenvalue weighted by Crippen LogP contribution is 2.50. The maximum absolute atomic E-state index is 13.1. The number of benzene rings is 1. The van der Waals surface area contributed by atoms with Gasteiger partial charge in [-0.1, -0.05) is 6.07 Å². The Bertz CT molecular complexity index is 810. The molecule has 0 saturated carbocycles. The second-order valence-corrected chi connectivity index (χ2v) is 7.08. The summed E-state index contributed by atoms with van der Waals surface area (Å²) in [6.45, 7) is 5.52. The molecule has 3 rings (SSSR count). The predicted molar refractivity (Wildman–Crippen MR) is 99.8 cm³/mol. The summed E-state index contributed by atoms with van der Waals surface area (Å²) in [5.74, 6) is -1.62. The number of carbonyl (C=O) groups is 3. The van der Waals surface area contributed by atoms with Crippen molar-refractivity contribution in [2.45, 2.75) is 32.4 Å². The number of carbonyl (C=O) groups excluding carboxylic acids is 3. The second-order valence-electron chi connectivity index (χ2n) is 7.08. The van der Waals surface area contributed by atoms with Crippen molar-refractivity contribution < 1.29 is 28.6 Å². The number of amides is 2. The third-order valence-corrected chi connectivity index (χ3v) is 5.67. The van der Waals surface area contributed by atoms with Crippen LogP contribution in [0, 0.1) is 11.8 Å². The molecule has 1 aromatic carbocycles. The first kappa shape index (κ1) is 20.1. The van der Waals surface area contributed by atoms with Crippen LogP contribution in [0.25, 0.3) is 0 Å². The molecule has 0 spiro atoms. The molecule has 28 heavy (non-hydrogen) atoms.